The molecule has 1 aromatic heterocycles. The predicted octanol–water partition coefficient (Wildman–Crippen LogP) is 4.04. The number of aromatic amines is 1. The van der Waals surface area contributed by atoms with Crippen molar-refractivity contribution in [2.75, 3.05) is 5.32 Å². The lowest BCUT2D eigenvalue weighted by molar-refractivity contribution is 0.236. The molecule has 5 nitrogen and oxygen atoms in total. The quantitative estimate of drug-likeness (QED) is 0.800. The summed E-state index contributed by atoms with van der Waals surface area (Å²) >= 11 is 0. The largest absolute Gasteiger partial charge is 0.335 e. The maximum Gasteiger partial charge on any atom is 0.319 e. The van der Waals surface area contributed by atoms with Crippen LogP contribution in [0.5, 0.6) is 0 Å². The zero-order chi connectivity index (χ0) is 15.6. The van der Waals surface area contributed by atoms with Crippen LogP contribution in [0.3, 0.4) is 0 Å². The van der Waals surface area contributed by atoms with Crippen LogP contribution in [0.2, 0.25) is 0 Å². The molecule has 4 rings (SSSR count). The molecule has 2 fully saturated rings. The molecule has 2 atom stereocenters. The second-order valence-corrected chi connectivity index (χ2v) is 7.02. The number of carbonyl (C=O) groups excluding carboxylic acids is 1. The molecule has 23 heavy (non-hydrogen) atoms. The molecule has 2 unspecified atom stereocenters. The van der Waals surface area contributed by atoms with Crippen LogP contribution >= 0.6 is 0 Å². The van der Waals surface area contributed by atoms with E-state index in [1.807, 2.05) is 18.2 Å². The SMILES string of the molecule is O=C(Nc1ccc2[nH]ncc2c1)NC1CCCC1C1CCCC1. The van der Waals surface area contributed by atoms with E-state index in [9.17, 15) is 4.79 Å². The summed E-state index contributed by atoms with van der Waals surface area (Å²) in [5.41, 5.74) is 1.79. The number of hydrogen-bond donors (Lipinski definition) is 3. The summed E-state index contributed by atoms with van der Waals surface area (Å²) in [5, 5.41) is 14.1. The number of nitrogens with one attached hydrogen (secondary N) is 3. The Morgan fingerprint density at radius 3 is 2.87 bits per heavy atom. The average Bonchev–Trinajstić information content (AvgIpc) is 3.27. The standard InChI is InChI=1S/C18H24N4O/c23-18(20-14-8-9-16-13(10-14)11-19-22-16)21-17-7-3-6-15(17)12-4-1-2-5-12/h8-12,15,17H,1-7H2,(H,19,22)(H2,20,21,23). The number of hydrogen-bond acceptors (Lipinski definition) is 2. The van der Waals surface area contributed by atoms with E-state index < -0.39 is 0 Å². The minimum atomic E-state index is -0.0808. The fourth-order valence-electron chi connectivity index (χ4n) is 4.47. The molecule has 3 N–H and O–H groups in total. The zero-order valence-electron chi connectivity index (χ0n) is 13.3. The third-order valence-corrected chi connectivity index (χ3v) is 5.59. The van der Waals surface area contributed by atoms with E-state index in [1.54, 1.807) is 6.20 Å². The van der Waals surface area contributed by atoms with E-state index in [4.69, 9.17) is 0 Å². The Bertz CT molecular complexity index is 689. The smallest absolute Gasteiger partial charge is 0.319 e. The molecule has 2 aliphatic carbocycles. The van der Waals surface area contributed by atoms with E-state index in [0.717, 1.165) is 28.9 Å². The molecule has 1 heterocycles. The number of aromatic nitrogens is 2. The summed E-state index contributed by atoms with van der Waals surface area (Å²) in [5.74, 6) is 1.50. The van der Waals surface area contributed by atoms with Crippen molar-refractivity contribution in [2.45, 2.75) is 51.0 Å². The van der Waals surface area contributed by atoms with Crippen molar-refractivity contribution in [1.82, 2.24) is 15.5 Å². The van der Waals surface area contributed by atoms with Gasteiger partial charge in [-0.25, -0.2) is 4.79 Å². The second kappa shape index (κ2) is 6.22. The summed E-state index contributed by atoms with van der Waals surface area (Å²) in [6, 6.07) is 6.05. The highest BCUT2D eigenvalue weighted by Crippen LogP contribution is 2.40. The van der Waals surface area contributed by atoms with E-state index in [0.29, 0.717) is 12.0 Å². The van der Waals surface area contributed by atoms with E-state index in [-0.39, 0.29) is 6.03 Å². The average molecular weight is 312 g/mol. The van der Waals surface area contributed by atoms with E-state index >= 15 is 0 Å². The van der Waals surface area contributed by atoms with Gasteiger partial charge in [0.2, 0.25) is 0 Å². The van der Waals surface area contributed by atoms with Gasteiger partial charge in [0, 0.05) is 17.1 Å². The number of H-pyrrole nitrogens is 1. The first-order valence-electron chi connectivity index (χ1n) is 8.80. The van der Waals surface area contributed by atoms with Crippen molar-refractivity contribution >= 4 is 22.6 Å². The summed E-state index contributed by atoms with van der Waals surface area (Å²) in [7, 11) is 0. The first-order valence-corrected chi connectivity index (χ1v) is 8.80. The first-order chi connectivity index (χ1) is 11.3. The molecule has 2 aromatic rings. The molecule has 2 saturated carbocycles. The van der Waals surface area contributed by atoms with Gasteiger partial charge in [-0.15, -0.1) is 0 Å². The Morgan fingerprint density at radius 2 is 2.00 bits per heavy atom. The van der Waals surface area contributed by atoms with E-state index in [2.05, 4.69) is 20.8 Å². The third-order valence-electron chi connectivity index (χ3n) is 5.59. The van der Waals surface area contributed by atoms with Gasteiger partial charge in [0.1, 0.15) is 0 Å². The minimum Gasteiger partial charge on any atom is -0.335 e. The zero-order valence-corrected chi connectivity index (χ0v) is 13.3. The van der Waals surface area contributed by atoms with Crippen LogP contribution in [0.25, 0.3) is 10.9 Å². The van der Waals surface area contributed by atoms with Gasteiger partial charge in [-0.1, -0.05) is 32.1 Å². The molecule has 2 aliphatic rings. The highest BCUT2D eigenvalue weighted by atomic mass is 16.2. The summed E-state index contributed by atoms with van der Waals surface area (Å²) in [6.07, 6.45) is 10.8. The van der Waals surface area contributed by atoms with Crippen LogP contribution in [0.4, 0.5) is 10.5 Å². The normalized spacial score (nSPS) is 25.0. The molecule has 122 valence electrons. The molecule has 0 saturated heterocycles. The third kappa shape index (κ3) is 3.05. The first kappa shape index (κ1) is 14.5. The van der Waals surface area contributed by atoms with Gasteiger partial charge in [0.25, 0.3) is 0 Å². The lowest BCUT2D eigenvalue weighted by atomic mass is 9.87. The van der Waals surface area contributed by atoms with Crippen LogP contribution in [0.1, 0.15) is 44.9 Å². The predicted molar refractivity (Wildman–Crippen MR) is 91.3 cm³/mol. The fourth-order valence-corrected chi connectivity index (χ4v) is 4.47. The summed E-state index contributed by atoms with van der Waals surface area (Å²) in [4.78, 5) is 12.4. The van der Waals surface area contributed by atoms with Gasteiger partial charge in [-0.3, -0.25) is 5.10 Å². The number of anilines is 1. The molecule has 5 heteroatoms. The Balaban J connectivity index is 1.38. The van der Waals surface area contributed by atoms with Crippen molar-refractivity contribution in [3.8, 4) is 0 Å². The molecule has 0 aliphatic heterocycles. The molecule has 0 spiro atoms. The fraction of sp³-hybridized carbons (Fsp3) is 0.556. The van der Waals surface area contributed by atoms with Crippen LogP contribution in [0.15, 0.2) is 24.4 Å². The maximum atomic E-state index is 12.4. The van der Waals surface area contributed by atoms with Crippen LogP contribution in [-0.2, 0) is 0 Å². The van der Waals surface area contributed by atoms with Crippen LogP contribution in [-0.4, -0.2) is 22.3 Å². The lowest BCUT2D eigenvalue weighted by Gasteiger charge is -2.26. The van der Waals surface area contributed by atoms with Crippen LogP contribution in [0, 0.1) is 11.8 Å². The molecule has 1 aromatic carbocycles. The molecule has 2 amide bonds. The Kier molecular flexibility index (Phi) is 3.93. The lowest BCUT2D eigenvalue weighted by Crippen LogP contribution is -2.41. The highest BCUT2D eigenvalue weighted by molar-refractivity contribution is 5.92. The Hall–Kier alpha value is -2.04. The van der Waals surface area contributed by atoms with Gasteiger partial charge in [0.15, 0.2) is 0 Å². The number of nitrogens with zero attached hydrogens (tertiary/aromatic N) is 1. The molecule has 0 bridgehead atoms. The second-order valence-electron chi connectivity index (χ2n) is 7.02. The van der Waals surface area contributed by atoms with Crippen LogP contribution < -0.4 is 10.6 Å². The number of amides is 2. The van der Waals surface area contributed by atoms with Crippen molar-refractivity contribution in [3.05, 3.63) is 24.4 Å². The Labute approximate surface area is 136 Å². The van der Waals surface area contributed by atoms with Gasteiger partial charge < -0.3 is 10.6 Å². The van der Waals surface area contributed by atoms with Gasteiger partial charge in [-0.2, -0.15) is 5.10 Å². The van der Waals surface area contributed by atoms with Crippen molar-refractivity contribution < 1.29 is 4.79 Å². The molecular weight excluding hydrogens is 288 g/mol. The highest BCUT2D eigenvalue weighted by Gasteiger charge is 2.35. The number of benzene rings is 1. The summed E-state index contributed by atoms with van der Waals surface area (Å²) in [6.45, 7) is 0. The van der Waals surface area contributed by atoms with E-state index in [1.165, 1.54) is 38.5 Å². The topological polar surface area (TPSA) is 69.8 Å². The summed E-state index contributed by atoms with van der Waals surface area (Å²) < 4.78 is 0. The van der Waals surface area contributed by atoms with Crippen molar-refractivity contribution in [3.63, 3.8) is 0 Å². The van der Waals surface area contributed by atoms with Crippen molar-refractivity contribution in [1.29, 1.82) is 0 Å². The number of rotatable bonds is 3. The van der Waals surface area contributed by atoms with Crippen molar-refractivity contribution in [2.24, 2.45) is 11.8 Å². The minimum absolute atomic E-state index is 0.0808. The number of carbonyl (C=O) groups is 1. The van der Waals surface area contributed by atoms with Gasteiger partial charge in [0.05, 0.1) is 11.7 Å². The maximum absolute atomic E-state index is 12.4. The Morgan fingerprint density at radius 1 is 1.13 bits per heavy atom. The van der Waals surface area contributed by atoms with Gasteiger partial charge in [-0.05, 0) is 42.9 Å². The monoisotopic (exact) mass is 312 g/mol. The molecular formula is C18H24N4O. The molecule has 0 radical (unpaired) electrons. The number of fused-ring (bicyclic) bond motifs is 1. The number of urea groups is 1. The van der Waals surface area contributed by atoms with Gasteiger partial charge >= 0.3 is 6.03 Å².